The first-order valence-corrected chi connectivity index (χ1v) is 10.7. The van der Waals surface area contributed by atoms with Crippen molar-refractivity contribution in [2.45, 2.75) is 40.0 Å². The van der Waals surface area contributed by atoms with Crippen LogP contribution in [0.1, 0.15) is 34.4 Å². The van der Waals surface area contributed by atoms with Gasteiger partial charge in [-0.1, -0.05) is 30.3 Å². The van der Waals surface area contributed by atoms with Gasteiger partial charge < -0.3 is 9.84 Å². The number of carboxylic acids is 1. The molecule has 0 radical (unpaired) electrons. The maximum absolute atomic E-state index is 11.8. The van der Waals surface area contributed by atoms with Crippen molar-refractivity contribution in [3.8, 4) is 16.9 Å². The largest absolute Gasteiger partial charge is 0.493 e. The summed E-state index contributed by atoms with van der Waals surface area (Å²) in [4.78, 5) is 16.7. The SMILES string of the molecule is Cc1nc2c(C)c(CC(=O)O)c(-c3ccc4c(c3)CCCO4)c(C)c2c2ccccc12. The number of carbonyl (C=O) groups is 1. The fourth-order valence-corrected chi connectivity index (χ4v) is 5.04. The van der Waals surface area contributed by atoms with Gasteiger partial charge in [-0.05, 0) is 84.5 Å². The number of rotatable bonds is 3. The summed E-state index contributed by atoms with van der Waals surface area (Å²) in [6, 6.07) is 14.6. The number of aromatic nitrogens is 1. The quantitative estimate of drug-likeness (QED) is 0.424. The highest BCUT2D eigenvalue weighted by molar-refractivity contribution is 6.12. The Morgan fingerprint density at radius 3 is 2.61 bits per heavy atom. The molecule has 1 aromatic heterocycles. The predicted molar refractivity (Wildman–Crippen MR) is 124 cm³/mol. The summed E-state index contributed by atoms with van der Waals surface area (Å²) in [6.45, 7) is 6.88. The summed E-state index contributed by atoms with van der Waals surface area (Å²) in [7, 11) is 0. The Kier molecular flexibility index (Phi) is 4.66. The smallest absolute Gasteiger partial charge is 0.307 e. The molecule has 5 rings (SSSR count). The van der Waals surface area contributed by atoms with Gasteiger partial charge in [0.05, 0.1) is 18.5 Å². The summed E-state index contributed by atoms with van der Waals surface area (Å²) < 4.78 is 5.80. The number of carboxylic acid groups (broad SMARTS) is 1. The Hall–Kier alpha value is -3.40. The molecule has 0 atom stereocenters. The van der Waals surface area contributed by atoms with Crippen LogP contribution >= 0.6 is 0 Å². The predicted octanol–water partition coefficient (Wildman–Crippen LogP) is 5.93. The molecule has 0 amide bonds. The van der Waals surface area contributed by atoms with E-state index in [9.17, 15) is 9.90 Å². The molecule has 31 heavy (non-hydrogen) atoms. The average molecular weight is 412 g/mol. The molecule has 0 spiro atoms. The van der Waals surface area contributed by atoms with Crippen LogP contribution in [-0.4, -0.2) is 22.7 Å². The number of hydrogen-bond acceptors (Lipinski definition) is 3. The Morgan fingerprint density at radius 1 is 1.06 bits per heavy atom. The van der Waals surface area contributed by atoms with Crippen LogP contribution in [0.2, 0.25) is 0 Å². The van der Waals surface area contributed by atoms with E-state index in [-0.39, 0.29) is 6.42 Å². The van der Waals surface area contributed by atoms with Gasteiger partial charge in [0.2, 0.25) is 0 Å². The first kappa shape index (κ1) is 19.6. The van der Waals surface area contributed by atoms with Crippen LogP contribution in [0.15, 0.2) is 42.5 Å². The third kappa shape index (κ3) is 3.14. The first-order valence-electron chi connectivity index (χ1n) is 10.7. The van der Waals surface area contributed by atoms with Crippen molar-refractivity contribution in [1.82, 2.24) is 4.98 Å². The lowest BCUT2D eigenvalue weighted by molar-refractivity contribution is -0.136. The van der Waals surface area contributed by atoms with E-state index in [4.69, 9.17) is 9.72 Å². The number of benzene rings is 3. The monoisotopic (exact) mass is 411 g/mol. The molecule has 1 aliphatic rings. The van der Waals surface area contributed by atoms with E-state index in [1.165, 1.54) is 5.56 Å². The zero-order valence-corrected chi connectivity index (χ0v) is 18.1. The maximum atomic E-state index is 11.8. The van der Waals surface area contributed by atoms with Crippen LogP contribution in [0, 0.1) is 20.8 Å². The molecule has 0 aliphatic carbocycles. The molecule has 4 heteroatoms. The van der Waals surface area contributed by atoms with Gasteiger partial charge in [0.15, 0.2) is 0 Å². The molecular weight excluding hydrogens is 386 g/mol. The van der Waals surface area contributed by atoms with Crippen LogP contribution in [0.25, 0.3) is 32.8 Å². The minimum absolute atomic E-state index is 0.0287. The topological polar surface area (TPSA) is 59.4 Å². The highest BCUT2D eigenvalue weighted by atomic mass is 16.5. The summed E-state index contributed by atoms with van der Waals surface area (Å²) in [6.07, 6.45) is 1.95. The highest BCUT2D eigenvalue weighted by Gasteiger charge is 2.22. The summed E-state index contributed by atoms with van der Waals surface area (Å²) >= 11 is 0. The first-order chi connectivity index (χ1) is 15.0. The van der Waals surface area contributed by atoms with Gasteiger partial charge in [0.1, 0.15) is 5.75 Å². The Labute approximate surface area is 181 Å². The van der Waals surface area contributed by atoms with Crippen LogP contribution in [-0.2, 0) is 17.6 Å². The number of fused-ring (bicyclic) bond motifs is 4. The molecule has 4 aromatic rings. The Balaban J connectivity index is 1.90. The van der Waals surface area contributed by atoms with E-state index in [2.05, 4.69) is 37.3 Å². The van der Waals surface area contributed by atoms with Crippen molar-refractivity contribution in [2.24, 2.45) is 0 Å². The molecule has 0 fully saturated rings. The summed E-state index contributed by atoms with van der Waals surface area (Å²) in [5, 5.41) is 13.1. The Bertz CT molecular complexity index is 1370. The highest BCUT2D eigenvalue weighted by Crippen LogP contribution is 2.41. The van der Waals surface area contributed by atoms with E-state index in [0.29, 0.717) is 0 Å². The zero-order valence-electron chi connectivity index (χ0n) is 18.1. The van der Waals surface area contributed by atoms with Crippen molar-refractivity contribution in [1.29, 1.82) is 0 Å². The molecule has 0 saturated carbocycles. The van der Waals surface area contributed by atoms with Crippen LogP contribution in [0.5, 0.6) is 5.75 Å². The minimum atomic E-state index is -0.832. The molecule has 2 heterocycles. The lowest BCUT2D eigenvalue weighted by Gasteiger charge is -2.22. The molecule has 4 nitrogen and oxygen atoms in total. The second-order valence-electron chi connectivity index (χ2n) is 8.41. The maximum Gasteiger partial charge on any atom is 0.307 e. The Morgan fingerprint density at radius 2 is 1.84 bits per heavy atom. The number of hydrogen-bond donors (Lipinski definition) is 1. The second-order valence-corrected chi connectivity index (χ2v) is 8.41. The normalized spacial score (nSPS) is 13.3. The van der Waals surface area contributed by atoms with Crippen LogP contribution in [0.3, 0.4) is 0 Å². The van der Waals surface area contributed by atoms with Crippen LogP contribution < -0.4 is 4.74 Å². The van der Waals surface area contributed by atoms with Gasteiger partial charge in [-0.2, -0.15) is 0 Å². The fourth-order valence-electron chi connectivity index (χ4n) is 5.04. The van der Waals surface area contributed by atoms with Gasteiger partial charge in [-0.3, -0.25) is 9.78 Å². The van der Waals surface area contributed by atoms with Gasteiger partial charge in [0.25, 0.3) is 0 Å². The van der Waals surface area contributed by atoms with E-state index >= 15 is 0 Å². The van der Waals surface area contributed by atoms with E-state index in [1.54, 1.807) is 0 Å². The van der Waals surface area contributed by atoms with Gasteiger partial charge >= 0.3 is 5.97 Å². The van der Waals surface area contributed by atoms with Gasteiger partial charge in [-0.15, -0.1) is 0 Å². The molecule has 1 aliphatic heterocycles. The number of nitrogens with zero attached hydrogens (tertiary/aromatic N) is 1. The number of aryl methyl sites for hydroxylation is 4. The standard InChI is InChI=1S/C27H25NO3/c1-15-22(14-24(29)30)25(19-10-11-23-18(13-19)7-6-12-31-23)16(2)26-21-9-5-4-8-20(21)17(3)28-27(15)26/h4-5,8-11,13H,6-7,12,14H2,1-3H3,(H,29,30). The molecule has 0 bridgehead atoms. The molecule has 0 saturated heterocycles. The third-order valence-electron chi connectivity index (χ3n) is 6.49. The molecular formula is C27H25NO3. The molecule has 0 unspecified atom stereocenters. The number of pyridine rings is 1. The van der Waals surface area contributed by atoms with Crippen molar-refractivity contribution >= 4 is 27.6 Å². The lowest BCUT2D eigenvalue weighted by Crippen LogP contribution is -2.10. The third-order valence-corrected chi connectivity index (χ3v) is 6.49. The second kappa shape index (κ2) is 7.38. The molecule has 156 valence electrons. The summed E-state index contributed by atoms with van der Waals surface area (Å²) in [5.74, 6) is 0.106. The molecule has 1 N–H and O–H groups in total. The van der Waals surface area contributed by atoms with Gasteiger partial charge in [0, 0.05) is 16.5 Å². The fraction of sp³-hybridized carbons (Fsp3) is 0.259. The number of aliphatic carboxylic acids is 1. The average Bonchev–Trinajstić information content (AvgIpc) is 2.77. The van der Waals surface area contributed by atoms with E-state index in [0.717, 1.165) is 80.4 Å². The zero-order chi connectivity index (χ0) is 21.7. The lowest BCUT2D eigenvalue weighted by atomic mass is 9.84. The van der Waals surface area contributed by atoms with E-state index in [1.807, 2.05) is 26.0 Å². The van der Waals surface area contributed by atoms with Crippen molar-refractivity contribution < 1.29 is 14.6 Å². The van der Waals surface area contributed by atoms with Gasteiger partial charge in [-0.25, -0.2) is 0 Å². The number of ether oxygens (including phenoxy) is 1. The van der Waals surface area contributed by atoms with Crippen LogP contribution in [0.4, 0.5) is 0 Å². The van der Waals surface area contributed by atoms with Crippen molar-refractivity contribution in [3.63, 3.8) is 0 Å². The molecule has 3 aromatic carbocycles. The minimum Gasteiger partial charge on any atom is -0.493 e. The summed E-state index contributed by atoms with van der Waals surface area (Å²) in [5.41, 5.74) is 7.98. The van der Waals surface area contributed by atoms with Crippen molar-refractivity contribution in [3.05, 3.63) is 70.4 Å². The van der Waals surface area contributed by atoms with Crippen molar-refractivity contribution in [2.75, 3.05) is 6.61 Å². The van der Waals surface area contributed by atoms with E-state index < -0.39 is 5.97 Å².